The van der Waals surface area contributed by atoms with Crippen LogP contribution in [0.3, 0.4) is 0 Å². The molecule has 0 aromatic heterocycles. The molecule has 29 heavy (non-hydrogen) atoms. The Morgan fingerprint density at radius 3 is 2.38 bits per heavy atom. The quantitative estimate of drug-likeness (QED) is 0.516. The summed E-state index contributed by atoms with van der Waals surface area (Å²) in [5, 5.41) is 0.532. The highest BCUT2D eigenvalue weighted by Crippen LogP contribution is 2.29. The van der Waals surface area contributed by atoms with E-state index in [1.807, 2.05) is 12.1 Å². The van der Waals surface area contributed by atoms with E-state index < -0.39 is 11.2 Å². The number of rotatable bonds is 2. The van der Waals surface area contributed by atoms with Crippen molar-refractivity contribution < 1.29 is 0 Å². The standard InChI is InChI=1S/C21H18ClN5O2/c22-13-4-9-16-17(12-13)27(19-18(23-16)20(28)25-21(29)24-19)15-7-5-14(6-8-15)26-10-2-1-3-11-26/h4-9,12H,1-3,10-11H2,(H,25,28,29). The summed E-state index contributed by atoms with van der Waals surface area (Å²) in [6.45, 7) is 2.11. The molecule has 7 nitrogen and oxygen atoms in total. The van der Waals surface area contributed by atoms with E-state index in [1.165, 1.54) is 19.3 Å². The fourth-order valence-electron chi connectivity index (χ4n) is 3.92. The molecule has 0 bridgehead atoms. The lowest BCUT2D eigenvalue weighted by molar-refractivity contribution is 0.578. The van der Waals surface area contributed by atoms with Crippen LogP contribution in [0.15, 0.2) is 52.1 Å². The van der Waals surface area contributed by atoms with Gasteiger partial charge in [-0.15, -0.1) is 0 Å². The fourth-order valence-corrected chi connectivity index (χ4v) is 4.09. The van der Waals surface area contributed by atoms with Crippen LogP contribution in [0.4, 0.5) is 5.69 Å². The van der Waals surface area contributed by atoms with Crippen LogP contribution in [-0.4, -0.2) is 32.6 Å². The lowest BCUT2D eigenvalue weighted by Gasteiger charge is -2.29. The van der Waals surface area contributed by atoms with E-state index in [4.69, 9.17) is 11.6 Å². The largest absolute Gasteiger partial charge is 0.372 e. The van der Waals surface area contributed by atoms with E-state index in [1.54, 1.807) is 22.8 Å². The molecule has 2 aromatic rings. The number of nitrogens with one attached hydrogen (secondary N) is 1. The minimum atomic E-state index is -0.704. The van der Waals surface area contributed by atoms with Gasteiger partial charge in [0.25, 0.3) is 5.56 Å². The number of halogens is 1. The molecule has 3 heterocycles. The second-order valence-corrected chi connectivity index (χ2v) is 7.62. The molecule has 2 aromatic carbocycles. The number of H-pyrrole nitrogens is 1. The molecular weight excluding hydrogens is 390 g/mol. The number of hydrogen-bond acceptors (Lipinski definition) is 5. The minimum absolute atomic E-state index is 0.111. The fraction of sp³-hybridized carbons (Fsp3) is 0.238. The normalized spacial score (nSPS) is 14.6. The van der Waals surface area contributed by atoms with Crippen molar-refractivity contribution in [1.29, 1.82) is 0 Å². The SMILES string of the molecule is O=c1nc2n(-c3ccc(N4CCCCC4)cc3)c3cc(Cl)ccc3nc-2c(=O)[nH]1. The van der Waals surface area contributed by atoms with E-state index in [0.717, 1.165) is 24.5 Å². The third-order valence-corrected chi connectivity index (χ3v) is 5.54. The highest BCUT2D eigenvalue weighted by atomic mass is 35.5. The maximum atomic E-state index is 12.4. The zero-order valence-electron chi connectivity index (χ0n) is 15.6. The number of aromatic nitrogens is 4. The van der Waals surface area contributed by atoms with Crippen LogP contribution in [0.25, 0.3) is 28.2 Å². The van der Waals surface area contributed by atoms with Crippen LogP contribution in [0.2, 0.25) is 5.02 Å². The molecule has 0 unspecified atom stereocenters. The summed E-state index contributed by atoms with van der Waals surface area (Å²) in [6.07, 6.45) is 3.68. The van der Waals surface area contributed by atoms with Gasteiger partial charge in [0.05, 0.1) is 11.0 Å². The summed E-state index contributed by atoms with van der Waals surface area (Å²) in [6, 6.07) is 13.3. The van der Waals surface area contributed by atoms with Crippen LogP contribution in [0, 0.1) is 0 Å². The first kappa shape index (κ1) is 17.9. The van der Waals surface area contributed by atoms with Crippen molar-refractivity contribution >= 4 is 28.3 Å². The van der Waals surface area contributed by atoms with Gasteiger partial charge in [0, 0.05) is 29.5 Å². The molecule has 0 radical (unpaired) electrons. The highest BCUT2D eigenvalue weighted by molar-refractivity contribution is 6.31. The molecule has 0 spiro atoms. The van der Waals surface area contributed by atoms with Crippen molar-refractivity contribution in [3.05, 3.63) is 68.3 Å². The number of anilines is 1. The minimum Gasteiger partial charge on any atom is -0.372 e. The van der Waals surface area contributed by atoms with Gasteiger partial charge in [-0.3, -0.25) is 14.3 Å². The first-order valence-electron chi connectivity index (χ1n) is 9.58. The summed E-state index contributed by atoms with van der Waals surface area (Å²) >= 11 is 6.22. The zero-order chi connectivity index (χ0) is 20.0. The summed E-state index contributed by atoms with van der Waals surface area (Å²) in [5.41, 5.74) is 2.05. The Bertz CT molecular complexity index is 1290. The van der Waals surface area contributed by atoms with Crippen LogP contribution in [0.5, 0.6) is 0 Å². The number of nitrogens with zero attached hydrogens (tertiary/aromatic N) is 4. The highest BCUT2D eigenvalue weighted by Gasteiger charge is 2.20. The third-order valence-electron chi connectivity index (χ3n) is 5.31. The third kappa shape index (κ3) is 3.17. The van der Waals surface area contributed by atoms with Gasteiger partial charge in [-0.1, -0.05) is 11.6 Å². The molecule has 3 aliphatic heterocycles. The van der Waals surface area contributed by atoms with Gasteiger partial charge >= 0.3 is 5.69 Å². The average Bonchev–Trinajstić information content (AvgIpc) is 2.73. The van der Waals surface area contributed by atoms with Gasteiger partial charge < -0.3 is 4.90 Å². The van der Waals surface area contributed by atoms with Crippen molar-refractivity contribution in [3.8, 4) is 17.2 Å². The number of aromatic amines is 1. The Morgan fingerprint density at radius 1 is 0.897 bits per heavy atom. The molecule has 0 amide bonds. The van der Waals surface area contributed by atoms with Crippen molar-refractivity contribution in [3.63, 3.8) is 0 Å². The van der Waals surface area contributed by atoms with Gasteiger partial charge in [-0.05, 0) is 61.7 Å². The van der Waals surface area contributed by atoms with Gasteiger partial charge in [-0.25, -0.2) is 9.78 Å². The molecule has 1 saturated heterocycles. The Morgan fingerprint density at radius 2 is 1.62 bits per heavy atom. The monoisotopic (exact) mass is 407 g/mol. The number of hydrogen-bond donors (Lipinski definition) is 1. The zero-order valence-corrected chi connectivity index (χ0v) is 16.3. The van der Waals surface area contributed by atoms with Gasteiger partial charge in [0.2, 0.25) is 0 Å². The van der Waals surface area contributed by atoms with Crippen molar-refractivity contribution in [2.45, 2.75) is 19.3 Å². The molecule has 1 N–H and O–H groups in total. The predicted octanol–water partition coefficient (Wildman–Crippen LogP) is 3.22. The molecule has 1 fully saturated rings. The summed E-state index contributed by atoms with van der Waals surface area (Å²) in [7, 11) is 0. The molecular formula is C21H18ClN5O2. The Balaban J connectivity index is 1.74. The number of piperidine rings is 1. The van der Waals surface area contributed by atoms with Crippen molar-refractivity contribution in [1.82, 2.24) is 19.5 Å². The second-order valence-electron chi connectivity index (χ2n) is 7.19. The molecule has 5 rings (SSSR count). The molecule has 0 saturated carbocycles. The molecule has 0 aliphatic carbocycles. The summed E-state index contributed by atoms with van der Waals surface area (Å²) in [5.74, 6) is 0.208. The van der Waals surface area contributed by atoms with Crippen molar-refractivity contribution in [2.24, 2.45) is 0 Å². The number of fused-ring (bicyclic) bond motifs is 2. The Labute approximate surface area is 170 Å². The topological polar surface area (TPSA) is 83.9 Å². The van der Waals surface area contributed by atoms with Crippen LogP contribution in [0.1, 0.15) is 19.3 Å². The van der Waals surface area contributed by atoms with E-state index in [-0.39, 0.29) is 11.5 Å². The lowest BCUT2D eigenvalue weighted by atomic mass is 10.1. The Hall–Kier alpha value is -3.19. The van der Waals surface area contributed by atoms with Crippen LogP contribution in [-0.2, 0) is 0 Å². The van der Waals surface area contributed by atoms with E-state index in [2.05, 4.69) is 32.0 Å². The number of benzene rings is 2. The maximum absolute atomic E-state index is 12.4. The van der Waals surface area contributed by atoms with E-state index in [0.29, 0.717) is 16.1 Å². The molecule has 0 atom stereocenters. The van der Waals surface area contributed by atoms with Gasteiger partial charge in [-0.2, -0.15) is 4.98 Å². The summed E-state index contributed by atoms with van der Waals surface area (Å²) in [4.78, 5) is 37.3. The van der Waals surface area contributed by atoms with Gasteiger partial charge in [0.1, 0.15) is 0 Å². The van der Waals surface area contributed by atoms with Crippen molar-refractivity contribution in [2.75, 3.05) is 18.0 Å². The first-order valence-corrected chi connectivity index (χ1v) is 9.96. The predicted molar refractivity (Wildman–Crippen MR) is 113 cm³/mol. The molecule has 146 valence electrons. The maximum Gasteiger partial charge on any atom is 0.349 e. The average molecular weight is 408 g/mol. The molecule has 3 aliphatic rings. The smallest absolute Gasteiger partial charge is 0.349 e. The van der Waals surface area contributed by atoms with E-state index in [9.17, 15) is 9.59 Å². The second kappa shape index (κ2) is 7.00. The lowest BCUT2D eigenvalue weighted by Crippen LogP contribution is -2.29. The van der Waals surface area contributed by atoms with Crippen LogP contribution >= 0.6 is 11.6 Å². The summed E-state index contributed by atoms with van der Waals surface area (Å²) < 4.78 is 1.76. The van der Waals surface area contributed by atoms with Gasteiger partial charge in [0.15, 0.2) is 11.5 Å². The van der Waals surface area contributed by atoms with E-state index >= 15 is 0 Å². The van der Waals surface area contributed by atoms with Crippen LogP contribution < -0.4 is 16.1 Å². The first-order chi connectivity index (χ1) is 14.1. The molecule has 8 heteroatoms. The Kier molecular flexibility index (Phi) is 4.32.